The maximum atomic E-state index is 13.4. The summed E-state index contributed by atoms with van der Waals surface area (Å²) in [6.45, 7) is 4.56. The molecule has 0 bridgehead atoms. The highest BCUT2D eigenvalue weighted by Gasteiger charge is 2.16. The van der Waals surface area contributed by atoms with Crippen molar-refractivity contribution in [2.75, 3.05) is 50.0 Å². The molecule has 4 N–H and O–H groups in total. The van der Waals surface area contributed by atoms with E-state index in [9.17, 15) is 13.8 Å². The Kier molecular flexibility index (Phi) is 10.5. The Labute approximate surface area is 236 Å². The van der Waals surface area contributed by atoms with Crippen LogP contribution in [-0.2, 0) is 13.9 Å². The second-order valence-corrected chi connectivity index (χ2v) is 10.5. The topological polar surface area (TPSA) is 158 Å². The minimum Gasteiger partial charge on any atom is -0.493 e. The Morgan fingerprint density at radius 1 is 1.15 bits per heavy atom. The number of carbonyl (C=O) groups excluding carboxylic acids is 1. The van der Waals surface area contributed by atoms with Crippen LogP contribution in [0.3, 0.4) is 0 Å². The Morgan fingerprint density at radius 3 is 2.78 bits per heavy atom. The SMILES string of the molecule is CCN(CCCOc1ccc2c(NC3=NCC(CC(=O)Nc4cccc(F)c4)=C3)ncnc2c1)CCOP(=O)(O)O. The van der Waals surface area contributed by atoms with E-state index in [2.05, 4.69) is 30.1 Å². The molecule has 14 heteroatoms. The van der Waals surface area contributed by atoms with Gasteiger partial charge in [0.2, 0.25) is 5.91 Å². The first-order valence-electron chi connectivity index (χ1n) is 13.0. The maximum absolute atomic E-state index is 13.4. The quantitative estimate of drug-likeness (QED) is 0.162. The highest BCUT2D eigenvalue weighted by molar-refractivity contribution is 7.46. The molecule has 1 aliphatic heterocycles. The van der Waals surface area contributed by atoms with Crippen LogP contribution in [0.4, 0.5) is 15.9 Å². The van der Waals surface area contributed by atoms with Gasteiger partial charge in [-0.15, -0.1) is 0 Å². The number of aliphatic imine (C=N–C) groups is 1. The Morgan fingerprint density at radius 2 is 2.00 bits per heavy atom. The van der Waals surface area contributed by atoms with Crippen LogP contribution in [0.5, 0.6) is 5.75 Å². The summed E-state index contributed by atoms with van der Waals surface area (Å²) in [5.74, 6) is 1.12. The standard InChI is InChI=1S/C27H32FN6O6P/c1-2-34(10-12-40-41(36,37)38)9-4-11-39-22-7-8-23-24(16-22)30-18-31-27(23)33-25-13-19(17-29-25)14-26(35)32-21-6-3-5-20(28)15-21/h3,5-8,13,15-16,18H,2,4,9-12,14,17H2,1H3,(H,32,35)(H2,36,37,38)(H,29,30,31,33). The van der Waals surface area contributed by atoms with Gasteiger partial charge in [0.1, 0.15) is 29.5 Å². The third-order valence-electron chi connectivity index (χ3n) is 6.15. The summed E-state index contributed by atoms with van der Waals surface area (Å²) in [7, 11) is -4.46. The molecule has 218 valence electrons. The highest BCUT2D eigenvalue weighted by Crippen LogP contribution is 2.35. The van der Waals surface area contributed by atoms with Gasteiger partial charge >= 0.3 is 7.82 Å². The Balaban J connectivity index is 1.27. The van der Waals surface area contributed by atoms with Crippen LogP contribution >= 0.6 is 7.82 Å². The van der Waals surface area contributed by atoms with Crippen LogP contribution in [0.15, 0.2) is 65.4 Å². The predicted molar refractivity (Wildman–Crippen MR) is 153 cm³/mol. The van der Waals surface area contributed by atoms with Crippen LogP contribution < -0.4 is 15.4 Å². The summed E-state index contributed by atoms with van der Waals surface area (Å²) in [6, 6.07) is 11.2. The molecular formula is C27H32FN6O6P. The van der Waals surface area contributed by atoms with Crippen molar-refractivity contribution in [3.63, 3.8) is 0 Å². The number of rotatable bonds is 14. The normalized spacial score (nSPS) is 13.3. The Bertz CT molecular complexity index is 1480. The van der Waals surface area contributed by atoms with Gasteiger partial charge in [0.05, 0.1) is 31.7 Å². The van der Waals surface area contributed by atoms with Gasteiger partial charge in [-0.25, -0.2) is 18.9 Å². The third-order valence-corrected chi connectivity index (χ3v) is 6.66. The van der Waals surface area contributed by atoms with E-state index in [0.717, 1.165) is 17.5 Å². The fourth-order valence-electron chi connectivity index (χ4n) is 4.17. The number of amidine groups is 1. The van der Waals surface area contributed by atoms with Gasteiger partial charge < -0.3 is 30.1 Å². The number of hydrogen-bond acceptors (Lipinski definition) is 9. The maximum Gasteiger partial charge on any atom is 0.469 e. The van der Waals surface area contributed by atoms with Crippen LogP contribution in [-0.4, -0.2) is 75.8 Å². The molecule has 0 saturated carbocycles. The van der Waals surface area contributed by atoms with Gasteiger partial charge in [-0.2, -0.15) is 0 Å². The summed E-state index contributed by atoms with van der Waals surface area (Å²) < 4.78 is 34.6. The van der Waals surface area contributed by atoms with Crippen LogP contribution in [0, 0.1) is 5.82 Å². The fraction of sp³-hybridized carbons (Fsp3) is 0.333. The van der Waals surface area contributed by atoms with E-state index in [0.29, 0.717) is 61.3 Å². The molecule has 1 aromatic heterocycles. The van der Waals surface area contributed by atoms with Crippen molar-refractivity contribution in [2.24, 2.45) is 4.99 Å². The first-order chi connectivity index (χ1) is 19.7. The molecule has 0 fully saturated rings. The summed E-state index contributed by atoms with van der Waals surface area (Å²) >= 11 is 0. The van der Waals surface area contributed by atoms with Crippen molar-refractivity contribution in [1.29, 1.82) is 0 Å². The largest absolute Gasteiger partial charge is 0.493 e. The fourth-order valence-corrected chi connectivity index (χ4v) is 4.49. The van der Waals surface area contributed by atoms with Gasteiger partial charge in [-0.3, -0.25) is 14.3 Å². The second kappa shape index (κ2) is 14.2. The first-order valence-corrected chi connectivity index (χ1v) is 14.6. The number of hydrogen-bond donors (Lipinski definition) is 4. The van der Waals surface area contributed by atoms with Gasteiger partial charge in [0.25, 0.3) is 0 Å². The van der Waals surface area contributed by atoms with E-state index in [1.807, 2.05) is 30.0 Å². The smallest absolute Gasteiger partial charge is 0.469 e. The molecule has 2 aromatic carbocycles. The van der Waals surface area contributed by atoms with Crippen molar-refractivity contribution in [2.45, 2.75) is 19.8 Å². The van der Waals surface area contributed by atoms with E-state index < -0.39 is 13.6 Å². The van der Waals surface area contributed by atoms with Crippen LogP contribution in [0.2, 0.25) is 0 Å². The van der Waals surface area contributed by atoms with Crippen molar-refractivity contribution >= 4 is 42.0 Å². The lowest BCUT2D eigenvalue weighted by molar-refractivity contribution is -0.115. The number of halogens is 1. The number of amides is 1. The Hall–Kier alpha value is -3.74. The third kappa shape index (κ3) is 9.69. The summed E-state index contributed by atoms with van der Waals surface area (Å²) in [5.41, 5.74) is 1.89. The average molecular weight is 587 g/mol. The zero-order valence-electron chi connectivity index (χ0n) is 22.5. The van der Waals surface area contributed by atoms with Crippen LogP contribution in [0.25, 0.3) is 10.9 Å². The molecule has 0 radical (unpaired) electrons. The molecule has 0 spiro atoms. The number of benzene rings is 2. The number of nitrogens with one attached hydrogen (secondary N) is 2. The van der Waals surface area contributed by atoms with E-state index >= 15 is 0 Å². The van der Waals surface area contributed by atoms with Gasteiger partial charge in [-0.05, 0) is 54.9 Å². The van der Waals surface area contributed by atoms with E-state index in [1.165, 1.54) is 24.5 Å². The second-order valence-electron chi connectivity index (χ2n) is 9.23. The number of carbonyl (C=O) groups is 1. The summed E-state index contributed by atoms with van der Waals surface area (Å²) in [4.78, 5) is 45.1. The number of ether oxygens (including phenoxy) is 1. The van der Waals surface area contributed by atoms with Crippen LogP contribution in [0.1, 0.15) is 19.8 Å². The number of aromatic nitrogens is 2. The summed E-state index contributed by atoms with van der Waals surface area (Å²) in [5, 5.41) is 6.66. The number of likely N-dealkylation sites (N-methyl/N-ethyl adjacent to an activating group) is 1. The van der Waals surface area contributed by atoms with Gasteiger partial charge in [-0.1, -0.05) is 13.0 Å². The molecule has 0 atom stereocenters. The molecule has 1 aliphatic rings. The lowest BCUT2D eigenvalue weighted by Crippen LogP contribution is -2.29. The summed E-state index contributed by atoms with van der Waals surface area (Å²) in [6.07, 6.45) is 4.09. The molecule has 0 unspecified atom stereocenters. The molecule has 0 aliphatic carbocycles. The zero-order valence-corrected chi connectivity index (χ0v) is 23.4. The molecule has 0 saturated heterocycles. The van der Waals surface area contributed by atoms with Crippen molar-refractivity contribution in [3.8, 4) is 5.75 Å². The lowest BCUT2D eigenvalue weighted by atomic mass is 10.2. The van der Waals surface area contributed by atoms with E-state index in [4.69, 9.17) is 14.5 Å². The minimum atomic E-state index is -4.46. The minimum absolute atomic E-state index is 0.0465. The highest BCUT2D eigenvalue weighted by atomic mass is 31.2. The number of phosphoric acid groups is 1. The number of phosphoric ester groups is 1. The molecule has 2 heterocycles. The number of anilines is 2. The van der Waals surface area contributed by atoms with E-state index in [1.54, 1.807) is 12.1 Å². The molecule has 1 amide bonds. The molecule has 12 nitrogen and oxygen atoms in total. The predicted octanol–water partition coefficient (Wildman–Crippen LogP) is 3.75. The van der Waals surface area contributed by atoms with Gasteiger partial charge in [0.15, 0.2) is 0 Å². The number of nitrogens with zero attached hydrogens (tertiary/aromatic N) is 4. The molecule has 3 aromatic rings. The molecule has 41 heavy (non-hydrogen) atoms. The first kappa shape index (κ1) is 30.2. The van der Waals surface area contributed by atoms with Crippen molar-refractivity contribution in [3.05, 3.63) is 66.3 Å². The van der Waals surface area contributed by atoms with Crippen molar-refractivity contribution < 1.29 is 32.8 Å². The van der Waals surface area contributed by atoms with E-state index in [-0.39, 0.29) is 18.9 Å². The van der Waals surface area contributed by atoms with Crippen molar-refractivity contribution in [1.82, 2.24) is 14.9 Å². The van der Waals surface area contributed by atoms with Gasteiger partial charge in [0, 0.05) is 30.2 Å². The average Bonchev–Trinajstić information content (AvgIpc) is 3.35. The molecular weight excluding hydrogens is 554 g/mol. The zero-order chi connectivity index (χ0) is 29.2. The number of fused-ring (bicyclic) bond motifs is 1. The lowest BCUT2D eigenvalue weighted by Gasteiger charge is -2.20. The molecule has 4 rings (SSSR count). The monoisotopic (exact) mass is 586 g/mol.